The third-order valence-electron chi connectivity index (χ3n) is 3.39. The Labute approximate surface area is 135 Å². The summed E-state index contributed by atoms with van der Waals surface area (Å²) in [7, 11) is 0. The minimum atomic E-state index is -0.303. The highest BCUT2D eigenvalue weighted by Gasteiger charge is 2.18. The Morgan fingerprint density at radius 2 is 1.83 bits per heavy atom. The number of hydrogen-bond acceptors (Lipinski definition) is 4. The first-order chi connectivity index (χ1) is 11.2. The van der Waals surface area contributed by atoms with Gasteiger partial charge in [-0.1, -0.05) is 11.6 Å². The SMILES string of the molecule is Fc1ccc(-c2nc3ccc(Cl)nn3c2-c2ccncn2)cc1. The number of rotatable bonds is 2. The van der Waals surface area contributed by atoms with Gasteiger partial charge in [0, 0.05) is 11.8 Å². The zero-order valence-electron chi connectivity index (χ0n) is 11.7. The van der Waals surface area contributed by atoms with Crippen LogP contribution in [0.3, 0.4) is 0 Å². The Bertz CT molecular complexity index is 983. The monoisotopic (exact) mass is 325 g/mol. The van der Waals surface area contributed by atoms with Crippen LogP contribution >= 0.6 is 11.6 Å². The molecule has 0 aliphatic rings. The zero-order valence-corrected chi connectivity index (χ0v) is 12.4. The summed E-state index contributed by atoms with van der Waals surface area (Å²) in [4.78, 5) is 12.8. The average Bonchev–Trinajstić information content (AvgIpc) is 2.95. The van der Waals surface area contributed by atoms with Crippen molar-refractivity contribution in [2.75, 3.05) is 0 Å². The van der Waals surface area contributed by atoms with E-state index in [1.54, 1.807) is 41.0 Å². The first-order valence-electron chi connectivity index (χ1n) is 6.80. The van der Waals surface area contributed by atoms with Crippen molar-refractivity contribution in [1.29, 1.82) is 0 Å². The van der Waals surface area contributed by atoms with E-state index in [-0.39, 0.29) is 5.82 Å². The largest absolute Gasteiger partial charge is 0.245 e. The Hall–Kier alpha value is -2.86. The molecule has 23 heavy (non-hydrogen) atoms. The molecule has 3 aromatic heterocycles. The van der Waals surface area contributed by atoms with Crippen LogP contribution in [0.15, 0.2) is 55.0 Å². The molecule has 5 nitrogen and oxygen atoms in total. The lowest BCUT2D eigenvalue weighted by Crippen LogP contribution is -1.96. The molecule has 4 rings (SSSR count). The van der Waals surface area contributed by atoms with Crippen LogP contribution in [0.2, 0.25) is 5.15 Å². The molecule has 0 atom stereocenters. The lowest BCUT2D eigenvalue weighted by Gasteiger charge is -2.04. The van der Waals surface area contributed by atoms with Crippen LogP contribution in [-0.2, 0) is 0 Å². The van der Waals surface area contributed by atoms with E-state index in [9.17, 15) is 4.39 Å². The molecule has 0 radical (unpaired) electrons. The molecule has 3 heterocycles. The highest BCUT2D eigenvalue weighted by Crippen LogP contribution is 2.31. The van der Waals surface area contributed by atoms with Crippen molar-refractivity contribution < 1.29 is 4.39 Å². The van der Waals surface area contributed by atoms with Gasteiger partial charge in [0.25, 0.3) is 0 Å². The van der Waals surface area contributed by atoms with Crippen LogP contribution in [0, 0.1) is 5.82 Å². The van der Waals surface area contributed by atoms with Crippen LogP contribution < -0.4 is 0 Å². The summed E-state index contributed by atoms with van der Waals surface area (Å²) in [5, 5.41) is 4.64. The summed E-state index contributed by atoms with van der Waals surface area (Å²) in [5.74, 6) is -0.303. The van der Waals surface area contributed by atoms with Crippen molar-refractivity contribution in [2.45, 2.75) is 0 Å². The van der Waals surface area contributed by atoms with Crippen molar-refractivity contribution in [3.63, 3.8) is 0 Å². The maximum absolute atomic E-state index is 13.2. The molecular formula is C16H9ClFN5. The Kier molecular flexibility index (Phi) is 3.24. The van der Waals surface area contributed by atoms with Crippen molar-refractivity contribution in [3.05, 3.63) is 66.0 Å². The molecule has 0 aliphatic carbocycles. The minimum absolute atomic E-state index is 0.303. The third-order valence-corrected chi connectivity index (χ3v) is 3.59. The molecule has 0 bridgehead atoms. The van der Waals surface area contributed by atoms with Crippen LogP contribution in [0.25, 0.3) is 28.3 Å². The number of nitrogens with zero attached hydrogens (tertiary/aromatic N) is 5. The first-order valence-corrected chi connectivity index (χ1v) is 7.18. The fourth-order valence-electron chi connectivity index (χ4n) is 2.38. The van der Waals surface area contributed by atoms with Gasteiger partial charge in [0.15, 0.2) is 5.65 Å². The van der Waals surface area contributed by atoms with Crippen LogP contribution in [-0.4, -0.2) is 24.6 Å². The minimum Gasteiger partial charge on any atom is -0.245 e. The van der Waals surface area contributed by atoms with E-state index >= 15 is 0 Å². The Morgan fingerprint density at radius 1 is 1.00 bits per heavy atom. The fourth-order valence-corrected chi connectivity index (χ4v) is 2.52. The van der Waals surface area contributed by atoms with E-state index in [1.807, 2.05) is 0 Å². The Morgan fingerprint density at radius 3 is 2.57 bits per heavy atom. The van der Waals surface area contributed by atoms with E-state index in [4.69, 9.17) is 11.6 Å². The van der Waals surface area contributed by atoms with Gasteiger partial charge in [-0.05, 0) is 42.5 Å². The highest BCUT2D eigenvalue weighted by atomic mass is 35.5. The predicted octanol–water partition coefficient (Wildman–Crippen LogP) is 3.65. The molecular weight excluding hydrogens is 317 g/mol. The normalized spacial score (nSPS) is 11.0. The Balaban J connectivity index is 2.05. The topological polar surface area (TPSA) is 56.0 Å². The van der Waals surface area contributed by atoms with E-state index in [0.29, 0.717) is 27.9 Å². The lowest BCUT2D eigenvalue weighted by atomic mass is 10.1. The fraction of sp³-hybridized carbons (Fsp3) is 0. The van der Waals surface area contributed by atoms with Gasteiger partial charge in [-0.25, -0.2) is 23.9 Å². The predicted molar refractivity (Wildman–Crippen MR) is 84.4 cm³/mol. The van der Waals surface area contributed by atoms with E-state index in [0.717, 1.165) is 5.56 Å². The van der Waals surface area contributed by atoms with Gasteiger partial charge >= 0.3 is 0 Å². The van der Waals surface area contributed by atoms with Gasteiger partial charge in [0.2, 0.25) is 0 Å². The number of imidazole rings is 1. The molecule has 7 heteroatoms. The second-order valence-electron chi connectivity index (χ2n) is 4.84. The van der Waals surface area contributed by atoms with Crippen LogP contribution in [0.1, 0.15) is 0 Å². The molecule has 0 fully saturated rings. The molecule has 0 unspecified atom stereocenters. The number of halogens is 2. The summed E-state index contributed by atoms with van der Waals surface area (Å²) < 4.78 is 14.8. The molecule has 1 aromatic carbocycles. The van der Waals surface area contributed by atoms with Crippen LogP contribution in [0.4, 0.5) is 4.39 Å². The summed E-state index contributed by atoms with van der Waals surface area (Å²) in [5.41, 5.74) is 3.38. The van der Waals surface area contributed by atoms with Gasteiger partial charge in [-0.2, -0.15) is 5.10 Å². The molecule has 0 saturated carbocycles. The van der Waals surface area contributed by atoms with Gasteiger partial charge in [-0.15, -0.1) is 0 Å². The summed E-state index contributed by atoms with van der Waals surface area (Å²) in [6.45, 7) is 0. The molecule has 0 saturated heterocycles. The summed E-state index contributed by atoms with van der Waals surface area (Å²) >= 11 is 6.01. The number of aromatic nitrogens is 5. The lowest BCUT2D eigenvalue weighted by molar-refractivity contribution is 0.628. The molecule has 0 amide bonds. The maximum atomic E-state index is 13.2. The van der Waals surface area contributed by atoms with Gasteiger partial charge < -0.3 is 0 Å². The highest BCUT2D eigenvalue weighted by molar-refractivity contribution is 6.29. The van der Waals surface area contributed by atoms with Crippen molar-refractivity contribution >= 4 is 17.2 Å². The van der Waals surface area contributed by atoms with Gasteiger partial charge in [-0.3, -0.25) is 0 Å². The number of hydrogen-bond donors (Lipinski definition) is 0. The zero-order chi connectivity index (χ0) is 15.8. The molecule has 0 spiro atoms. The number of benzene rings is 1. The second-order valence-corrected chi connectivity index (χ2v) is 5.22. The average molecular weight is 326 g/mol. The van der Waals surface area contributed by atoms with E-state index in [2.05, 4.69) is 20.1 Å². The summed E-state index contributed by atoms with van der Waals surface area (Å²) in [6.07, 6.45) is 3.09. The van der Waals surface area contributed by atoms with E-state index < -0.39 is 0 Å². The smallest absolute Gasteiger partial charge is 0.155 e. The van der Waals surface area contributed by atoms with Gasteiger partial charge in [0.05, 0.1) is 5.69 Å². The molecule has 0 N–H and O–H groups in total. The second kappa shape index (κ2) is 5.40. The molecule has 4 aromatic rings. The van der Waals surface area contributed by atoms with Crippen molar-refractivity contribution in [2.24, 2.45) is 0 Å². The first kappa shape index (κ1) is 13.8. The molecule has 112 valence electrons. The third kappa shape index (κ3) is 2.43. The number of fused-ring (bicyclic) bond motifs is 1. The van der Waals surface area contributed by atoms with Crippen molar-refractivity contribution in [1.82, 2.24) is 24.6 Å². The summed E-state index contributed by atoms with van der Waals surface area (Å²) in [6, 6.07) is 11.3. The maximum Gasteiger partial charge on any atom is 0.155 e. The molecule has 0 aliphatic heterocycles. The quantitative estimate of drug-likeness (QED) is 0.564. The van der Waals surface area contributed by atoms with E-state index in [1.165, 1.54) is 18.5 Å². The standard InChI is InChI=1S/C16H9ClFN5/c17-13-5-6-14-21-15(10-1-3-11(18)4-2-10)16(23(14)22-13)12-7-8-19-9-20-12/h1-9H. The van der Waals surface area contributed by atoms with Crippen LogP contribution in [0.5, 0.6) is 0 Å². The van der Waals surface area contributed by atoms with Crippen molar-refractivity contribution in [3.8, 4) is 22.6 Å². The van der Waals surface area contributed by atoms with Gasteiger partial charge in [0.1, 0.15) is 28.7 Å².